The van der Waals surface area contributed by atoms with Gasteiger partial charge in [0.25, 0.3) is 0 Å². The molecule has 2 saturated heterocycles. The van der Waals surface area contributed by atoms with E-state index in [1.165, 1.54) is 0 Å². The van der Waals surface area contributed by atoms with Crippen LogP contribution in [0.25, 0.3) is 0 Å². The molecule has 3 atom stereocenters. The van der Waals surface area contributed by atoms with Crippen LogP contribution in [0.4, 0.5) is 4.79 Å². The number of carbonyl (C=O) groups excluding carboxylic acids is 2. The quantitative estimate of drug-likeness (QED) is 0.228. The summed E-state index contributed by atoms with van der Waals surface area (Å²) < 4.78 is 41.4. The number of sulfonamides is 1. The summed E-state index contributed by atoms with van der Waals surface area (Å²) in [6.45, 7) is 9.05. The first-order chi connectivity index (χ1) is 26.4. The fourth-order valence-corrected chi connectivity index (χ4v) is 9.55. The minimum Gasteiger partial charge on any atom is -0.493 e. The van der Waals surface area contributed by atoms with Gasteiger partial charge in [0.05, 0.1) is 36.3 Å². The van der Waals surface area contributed by atoms with Gasteiger partial charge >= 0.3 is 6.03 Å². The van der Waals surface area contributed by atoms with Crippen molar-refractivity contribution < 1.29 is 27.5 Å². The molecule has 6 rings (SSSR count). The Morgan fingerprint density at radius 2 is 1.53 bits per heavy atom. The molecule has 0 aromatic heterocycles. The van der Waals surface area contributed by atoms with E-state index in [4.69, 9.17) is 37.7 Å². The number of urea groups is 1. The molecule has 3 aliphatic rings. The van der Waals surface area contributed by atoms with E-state index in [0.29, 0.717) is 85.2 Å². The van der Waals surface area contributed by atoms with E-state index in [0.717, 1.165) is 30.4 Å². The van der Waals surface area contributed by atoms with Crippen molar-refractivity contribution in [2.75, 3.05) is 66.1 Å². The van der Waals surface area contributed by atoms with Crippen molar-refractivity contribution in [3.8, 4) is 5.75 Å². The Labute approximate surface area is 334 Å². The van der Waals surface area contributed by atoms with Gasteiger partial charge in [-0.3, -0.25) is 19.6 Å². The van der Waals surface area contributed by atoms with Gasteiger partial charge in [0.15, 0.2) is 0 Å². The maximum atomic E-state index is 15.1. The summed E-state index contributed by atoms with van der Waals surface area (Å²) in [5, 5.41) is 4.06. The average molecular weight is 814 g/mol. The summed E-state index contributed by atoms with van der Waals surface area (Å²) in [7, 11) is -2.27. The van der Waals surface area contributed by atoms with Gasteiger partial charge in [-0.2, -0.15) is 4.31 Å². The number of hydrogen-bond acceptors (Lipinski definition) is 8. The van der Waals surface area contributed by atoms with E-state index >= 15 is 4.79 Å². The van der Waals surface area contributed by atoms with Gasteiger partial charge in [-0.25, -0.2) is 13.2 Å². The third-order valence-corrected chi connectivity index (χ3v) is 12.8. The standard InChI is InChI=1S/C40H50Cl2N6O6S/c1-5-54-34-23-27(2)35(55(51,52)47-17-7-6-8-18-47)24-33(34)39-44-37(29-9-13-31(41)14-10-29)38(30-11-15-32(42)16-12-30)48(39)40(50)46-21-19-45(20-22-46)25-36(49)43-28(3)26-53-4/h9-16,23-24,28,37-38H,5-8,17-22,25-26H2,1-4H3,(H,43,49)/t28?,37-,38+/m0/s1. The molecule has 0 bridgehead atoms. The molecule has 3 aliphatic heterocycles. The van der Waals surface area contributed by atoms with Crippen LogP contribution in [0.2, 0.25) is 10.0 Å². The lowest BCUT2D eigenvalue weighted by Crippen LogP contribution is -2.55. The first-order valence-electron chi connectivity index (χ1n) is 18.9. The predicted octanol–water partition coefficient (Wildman–Crippen LogP) is 6.31. The van der Waals surface area contributed by atoms with Gasteiger partial charge in [0, 0.05) is 62.5 Å². The minimum atomic E-state index is -3.87. The van der Waals surface area contributed by atoms with Crippen molar-refractivity contribution in [2.45, 2.75) is 63.1 Å². The Morgan fingerprint density at radius 3 is 2.13 bits per heavy atom. The molecule has 3 amide bonds. The lowest BCUT2D eigenvalue weighted by Gasteiger charge is -2.39. The molecule has 0 spiro atoms. The van der Waals surface area contributed by atoms with E-state index < -0.39 is 22.1 Å². The maximum Gasteiger partial charge on any atom is 0.326 e. The summed E-state index contributed by atoms with van der Waals surface area (Å²) in [6.07, 6.45) is 2.59. The molecule has 3 aromatic rings. The number of amidine groups is 1. The molecule has 2 fully saturated rings. The summed E-state index contributed by atoms with van der Waals surface area (Å²) in [4.78, 5) is 38.8. The van der Waals surface area contributed by atoms with Crippen LogP contribution in [0.15, 0.2) is 70.6 Å². The Kier molecular flexibility index (Phi) is 13.4. The molecular formula is C40H50Cl2N6O6S. The van der Waals surface area contributed by atoms with Crippen molar-refractivity contribution in [2.24, 2.45) is 4.99 Å². The SMILES string of the molecule is CCOc1cc(C)c(S(=O)(=O)N2CCCCC2)cc1C1=N[C@@H](c2ccc(Cl)cc2)[C@@H](c2ccc(Cl)cc2)N1C(=O)N1CCN(CC(=O)NC(C)COC)CC1. The molecule has 12 nitrogen and oxygen atoms in total. The van der Waals surface area contributed by atoms with Crippen molar-refractivity contribution in [1.82, 2.24) is 24.3 Å². The number of benzene rings is 3. The molecule has 1 N–H and O–H groups in total. The monoisotopic (exact) mass is 812 g/mol. The normalized spacial score (nSPS) is 20.3. The van der Waals surface area contributed by atoms with Crippen LogP contribution in [0, 0.1) is 6.92 Å². The number of nitrogens with one attached hydrogen (secondary N) is 1. The maximum absolute atomic E-state index is 15.1. The van der Waals surface area contributed by atoms with Gasteiger partial charge in [-0.1, -0.05) is 53.9 Å². The number of halogens is 2. The number of piperidine rings is 1. The molecule has 3 aromatic carbocycles. The van der Waals surface area contributed by atoms with Crippen LogP contribution < -0.4 is 10.1 Å². The lowest BCUT2D eigenvalue weighted by atomic mass is 9.93. The van der Waals surface area contributed by atoms with Crippen molar-refractivity contribution in [3.63, 3.8) is 0 Å². The van der Waals surface area contributed by atoms with Gasteiger partial charge in [-0.05, 0) is 86.7 Å². The number of aliphatic imine (C=N–C) groups is 1. The van der Waals surface area contributed by atoms with Crippen LogP contribution in [0.1, 0.15) is 67.4 Å². The highest BCUT2D eigenvalue weighted by Gasteiger charge is 2.45. The second kappa shape index (κ2) is 18.0. The highest BCUT2D eigenvalue weighted by Crippen LogP contribution is 2.46. The molecule has 296 valence electrons. The number of rotatable bonds is 12. The molecular weight excluding hydrogens is 763 g/mol. The lowest BCUT2D eigenvalue weighted by molar-refractivity contribution is -0.123. The Hall–Kier alpha value is -3.72. The molecule has 0 saturated carbocycles. The zero-order chi connectivity index (χ0) is 39.3. The number of nitrogens with zero attached hydrogens (tertiary/aromatic N) is 5. The van der Waals surface area contributed by atoms with Crippen LogP contribution in [0.3, 0.4) is 0 Å². The minimum absolute atomic E-state index is 0.106. The van der Waals surface area contributed by atoms with Crippen molar-refractivity contribution in [1.29, 1.82) is 0 Å². The highest BCUT2D eigenvalue weighted by atomic mass is 35.5. The predicted molar refractivity (Wildman–Crippen MR) is 215 cm³/mol. The largest absolute Gasteiger partial charge is 0.493 e. The Balaban J connectivity index is 1.43. The van der Waals surface area contributed by atoms with Gasteiger partial charge in [-0.15, -0.1) is 0 Å². The molecule has 15 heteroatoms. The van der Waals surface area contributed by atoms with Crippen LogP contribution >= 0.6 is 23.2 Å². The van der Waals surface area contributed by atoms with Gasteiger partial charge < -0.3 is 19.7 Å². The third kappa shape index (κ3) is 9.30. The zero-order valence-electron chi connectivity index (χ0n) is 31.8. The number of carbonyl (C=O) groups is 2. The first kappa shape index (κ1) is 40.9. The Morgan fingerprint density at radius 1 is 0.909 bits per heavy atom. The van der Waals surface area contributed by atoms with Crippen LogP contribution in [-0.2, 0) is 19.6 Å². The van der Waals surface area contributed by atoms with Crippen LogP contribution in [-0.4, -0.2) is 117 Å². The second-order valence-corrected chi connectivity index (χ2v) is 17.1. The average Bonchev–Trinajstić information content (AvgIpc) is 3.56. The number of amides is 3. The van der Waals surface area contributed by atoms with E-state index in [9.17, 15) is 13.2 Å². The first-order valence-corrected chi connectivity index (χ1v) is 21.1. The molecule has 55 heavy (non-hydrogen) atoms. The van der Waals surface area contributed by atoms with E-state index in [1.54, 1.807) is 64.5 Å². The topological polar surface area (TPSA) is 124 Å². The van der Waals surface area contributed by atoms with E-state index in [2.05, 4.69) is 5.32 Å². The van der Waals surface area contributed by atoms with Crippen molar-refractivity contribution >= 4 is 51.0 Å². The molecule has 3 heterocycles. The summed E-state index contributed by atoms with van der Waals surface area (Å²) in [5.41, 5.74) is 2.58. The Bertz CT molecular complexity index is 1970. The fraction of sp³-hybridized carbons (Fsp3) is 0.475. The van der Waals surface area contributed by atoms with Crippen molar-refractivity contribution in [3.05, 3.63) is 93.0 Å². The number of methoxy groups -OCH3 is 1. The third-order valence-electron chi connectivity index (χ3n) is 10.3. The number of aryl methyl sites for hydroxylation is 1. The van der Waals surface area contributed by atoms with Crippen LogP contribution in [0.5, 0.6) is 5.75 Å². The summed E-state index contributed by atoms with van der Waals surface area (Å²) in [5.74, 6) is 0.627. The number of piperazine rings is 1. The van der Waals surface area contributed by atoms with E-state index in [-0.39, 0.29) is 29.4 Å². The summed E-state index contributed by atoms with van der Waals surface area (Å²) >= 11 is 12.7. The second-order valence-electron chi connectivity index (χ2n) is 14.3. The smallest absolute Gasteiger partial charge is 0.326 e. The summed E-state index contributed by atoms with van der Waals surface area (Å²) in [6, 6.07) is 16.5. The zero-order valence-corrected chi connectivity index (χ0v) is 34.2. The number of ether oxygens (including phenoxy) is 2. The molecule has 0 radical (unpaired) electrons. The highest BCUT2D eigenvalue weighted by molar-refractivity contribution is 7.89. The fourth-order valence-electron chi connectivity index (χ4n) is 7.55. The number of hydrogen-bond donors (Lipinski definition) is 1. The molecule has 1 unspecified atom stereocenters. The van der Waals surface area contributed by atoms with Gasteiger partial charge in [0.2, 0.25) is 15.9 Å². The molecule has 0 aliphatic carbocycles. The van der Waals surface area contributed by atoms with E-state index in [1.807, 2.05) is 43.0 Å². The van der Waals surface area contributed by atoms with Gasteiger partial charge in [0.1, 0.15) is 17.6 Å².